The maximum atomic E-state index is 11.4. The summed E-state index contributed by atoms with van der Waals surface area (Å²) in [6.07, 6.45) is 1.68. The largest absolute Gasteiger partial charge is 0.382 e. The van der Waals surface area contributed by atoms with Gasteiger partial charge in [-0.2, -0.15) is 0 Å². The van der Waals surface area contributed by atoms with Crippen LogP contribution in [-0.2, 0) is 15.9 Å². The van der Waals surface area contributed by atoms with Crippen LogP contribution in [0.1, 0.15) is 32.6 Å². The average Bonchev–Trinajstić information content (AvgIpc) is 2.87. The van der Waals surface area contributed by atoms with Crippen LogP contribution in [0.4, 0.5) is 0 Å². The van der Waals surface area contributed by atoms with Crippen LogP contribution in [0.25, 0.3) is 21.9 Å². The lowest BCUT2D eigenvalue weighted by molar-refractivity contribution is 0.0722. The first kappa shape index (κ1) is 24.7. The average molecular weight is 483 g/mol. The SMILES string of the molecule is COCCOCCc1ccc2cc(-c3ccc(C#Cc4c(Cl)cc(C)cc4C=O)cc3)ccc2c1. The summed E-state index contributed by atoms with van der Waals surface area (Å²) in [6, 6.07) is 24.8. The number of halogens is 1. The van der Waals surface area contributed by atoms with Crippen LogP contribution >= 0.6 is 11.6 Å². The summed E-state index contributed by atoms with van der Waals surface area (Å²) >= 11 is 6.31. The molecule has 176 valence electrons. The number of methoxy groups -OCH3 is 1. The Hall–Kier alpha value is -3.42. The van der Waals surface area contributed by atoms with E-state index < -0.39 is 0 Å². The predicted octanol–water partition coefficient (Wildman–Crippen LogP) is 6.89. The molecule has 4 aromatic rings. The van der Waals surface area contributed by atoms with E-state index in [-0.39, 0.29) is 0 Å². The van der Waals surface area contributed by atoms with E-state index in [1.54, 1.807) is 13.2 Å². The van der Waals surface area contributed by atoms with E-state index in [0.717, 1.165) is 35.0 Å². The number of hydrogen-bond donors (Lipinski definition) is 0. The molecule has 0 fully saturated rings. The Balaban J connectivity index is 1.48. The van der Waals surface area contributed by atoms with E-state index >= 15 is 0 Å². The highest BCUT2D eigenvalue weighted by atomic mass is 35.5. The van der Waals surface area contributed by atoms with Crippen molar-refractivity contribution in [3.05, 3.63) is 106 Å². The van der Waals surface area contributed by atoms with Crippen molar-refractivity contribution < 1.29 is 14.3 Å². The van der Waals surface area contributed by atoms with Crippen molar-refractivity contribution in [2.75, 3.05) is 26.9 Å². The highest BCUT2D eigenvalue weighted by Crippen LogP contribution is 2.26. The van der Waals surface area contributed by atoms with E-state index in [1.165, 1.54) is 16.3 Å². The molecule has 0 bridgehead atoms. The molecule has 3 nitrogen and oxygen atoms in total. The monoisotopic (exact) mass is 482 g/mol. The first-order valence-electron chi connectivity index (χ1n) is 11.5. The molecule has 0 radical (unpaired) electrons. The van der Waals surface area contributed by atoms with E-state index in [0.29, 0.717) is 36.0 Å². The normalized spacial score (nSPS) is 10.7. The van der Waals surface area contributed by atoms with Gasteiger partial charge in [0.25, 0.3) is 0 Å². The molecule has 0 unspecified atom stereocenters. The first-order chi connectivity index (χ1) is 17.1. The second-order valence-corrected chi connectivity index (χ2v) is 8.81. The second-order valence-electron chi connectivity index (χ2n) is 8.41. The fraction of sp³-hybridized carbons (Fsp3) is 0.194. The fourth-order valence-electron chi connectivity index (χ4n) is 3.94. The van der Waals surface area contributed by atoms with Crippen LogP contribution in [0.15, 0.2) is 72.8 Å². The highest BCUT2D eigenvalue weighted by Gasteiger charge is 2.06. The molecule has 0 N–H and O–H groups in total. The van der Waals surface area contributed by atoms with Crippen LogP contribution in [0.3, 0.4) is 0 Å². The van der Waals surface area contributed by atoms with Gasteiger partial charge >= 0.3 is 0 Å². The summed E-state index contributed by atoms with van der Waals surface area (Å²) in [5, 5.41) is 2.91. The summed E-state index contributed by atoms with van der Waals surface area (Å²) in [6.45, 7) is 3.84. The third-order valence-corrected chi connectivity index (χ3v) is 6.11. The van der Waals surface area contributed by atoms with Crippen molar-refractivity contribution in [1.29, 1.82) is 0 Å². The fourth-order valence-corrected chi connectivity index (χ4v) is 4.27. The lowest BCUT2D eigenvalue weighted by Crippen LogP contribution is -2.04. The molecular formula is C31H27ClO3. The van der Waals surface area contributed by atoms with Gasteiger partial charge in [0, 0.05) is 18.2 Å². The molecule has 0 spiro atoms. The van der Waals surface area contributed by atoms with Gasteiger partial charge in [-0.1, -0.05) is 65.9 Å². The van der Waals surface area contributed by atoms with Gasteiger partial charge in [-0.15, -0.1) is 0 Å². The Morgan fingerprint density at radius 2 is 1.57 bits per heavy atom. The topological polar surface area (TPSA) is 35.5 Å². The number of benzene rings is 4. The second kappa shape index (κ2) is 11.8. The molecule has 0 heterocycles. The number of carbonyl (C=O) groups is 1. The van der Waals surface area contributed by atoms with Crippen molar-refractivity contribution in [3.63, 3.8) is 0 Å². The van der Waals surface area contributed by atoms with Gasteiger partial charge in [-0.3, -0.25) is 4.79 Å². The molecule has 4 aromatic carbocycles. The number of aldehydes is 1. The maximum absolute atomic E-state index is 11.4. The number of carbonyl (C=O) groups excluding carboxylic acids is 1. The van der Waals surface area contributed by atoms with Crippen molar-refractivity contribution >= 4 is 28.7 Å². The lowest BCUT2D eigenvalue weighted by atomic mass is 9.98. The van der Waals surface area contributed by atoms with E-state index in [9.17, 15) is 4.79 Å². The molecule has 0 saturated heterocycles. The van der Waals surface area contributed by atoms with E-state index in [1.807, 2.05) is 25.1 Å². The molecule has 0 aliphatic heterocycles. The lowest BCUT2D eigenvalue weighted by Gasteiger charge is -2.08. The molecule has 0 saturated carbocycles. The Bertz CT molecular complexity index is 1390. The van der Waals surface area contributed by atoms with Gasteiger partial charge in [0.05, 0.1) is 30.4 Å². The Morgan fingerprint density at radius 3 is 2.34 bits per heavy atom. The zero-order valence-corrected chi connectivity index (χ0v) is 20.7. The predicted molar refractivity (Wildman–Crippen MR) is 143 cm³/mol. The molecule has 0 aliphatic carbocycles. The van der Waals surface area contributed by atoms with Crippen LogP contribution < -0.4 is 0 Å². The molecule has 4 rings (SSSR count). The maximum Gasteiger partial charge on any atom is 0.151 e. The third kappa shape index (κ3) is 6.38. The standard InChI is InChI=1S/C31H27ClO3/c1-22-17-29(21-33)30(31(32)18-22)12-6-23-3-7-25(8-4-23)27-11-10-26-19-24(5-9-28(26)20-27)13-14-35-16-15-34-2/h3-5,7-11,17-21H,13-16H2,1-2H3. The highest BCUT2D eigenvalue weighted by molar-refractivity contribution is 6.32. The molecule has 0 atom stereocenters. The number of hydrogen-bond acceptors (Lipinski definition) is 3. The van der Waals surface area contributed by atoms with Crippen LogP contribution in [-0.4, -0.2) is 33.2 Å². The van der Waals surface area contributed by atoms with E-state index in [2.05, 4.69) is 60.4 Å². The molecular weight excluding hydrogens is 456 g/mol. The van der Waals surface area contributed by atoms with E-state index in [4.69, 9.17) is 21.1 Å². The molecule has 0 aromatic heterocycles. The summed E-state index contributed by atoms with van der Waals surface area (Å²) in [5.41, 5.74) is 6.40. The Kier molecular flexibility index (Phi) is 8.34. The Morgan fingerprint density at radius 1 is 0.829 bits per heavy atom. The number of ether oxygens (including phenoxy) is 2. The van der Waals surface area contributed by atoms with Gasteiger partial charge in [0.15, 0.2) is 6.29 Å². The van der Waals surface area contributed by atoms with Gasteiger partial charge < -0.3 is 9.47 Å². The summed E-state index contributed by atoms with van der Waals surface area (Å²) in [4.78, 5) is 11.4. The summed E-state index contributed by atoms with van der Waals surface area (Å²) in [5.74, 6) is 6.19. The number of rotatable bonds is 8. The third-order valence-electron chi connectivity index (χ3n) is 5.81. The van der Waals surface area contributed by atoms with Crippen molar-refractivity contribution in [3.8, 4) is 23.0 Å². The van der Waals surface area contributed by atoms with Gasteiger partial charge in [-0.05, 0) is 76.7 Å². The minimum atomic E-state index is 0.495. The molecule has 35 heavy (non-hydrogen) atoms. The van der Waals surface area contributed by atoms with Crippen molar-refractivity contribution in [1.82, 2.24) is 0 Å². The van der Waals surface area contributed by atoms with Crippen LogP contribution in [0, 0.1) is 18.8 Å². The molecule has 4 heteroatoms. The smallest absolute Gasteiger partial charge is 0.151 e. The summed E-state index contributed by atoms with van der Waals surface area (Å²) < 4.78 is 10.6. The van der Waals surface area contributed by atoms with Gasteiger partial charge in [0.1, 0.15) is 0 Å². The van der Waals surface area contributed by atoms with Crippen LogP contribution in [0.2, 0.25) is 5.02 Å². The quantitative estimate of drug-likeness (QED) is 0.156. The number of aryl methyl sites for hydroxylation is 1. The van der Waals surface area contributed by atoms with Crippen LogP contribution in [0.5, 0.6) is 0 Å². The van der Waals surface area contributed by atoms with Gasteiger partial charge in [0.2, 0.25) is 0 Å². The van der Waals surface area contributed by atoms with Gasteiger partial charge in [-0.25, -0.2) is 0 Å². The minimum absolute atomic E-state index is 0.495. The molecule has 0 amide bonds. The number of fused-ring (bicyclic) bond motifs is 1. The Labute approximate surface area is 211 Å². The van der Waals surface area contributed by atoms with Crippen molar-refractivity contribution in [2.24, 2.45) is 0 Å². The zero-order chi connectivity index (χ0) is 24.6. The zero-order valence-electron chi connectivity index (χ0n) is 19.9. The molecule has 0 aliphatic rings. The summed E-state index contributed by atoms with van der Waals surface area (Å²) in [7, 11) is 1.68. The van der Waals surface area contributed by atoms with Crippen molar-refractivity contribution in [2.45, 2.75) is 13.3 Å². The first-order valence-corrected chi connectivity index (χ1v) is 11.9. The minimum Gasteiger partial charge on any atom is -0.382 e.